The fourth-order valence-electron chi connectivity index (χ4n) is 2.47. The van der Waals surface area contributed by atoms with Crippen LogP contribution in [-0.2, 0) is 14.8 Å². The lowest BCUT2D eigenvalue weighted by atomic mass is 10.2. The number of nitrogens with zero attached hydrogens (tertiary/aromatic N) is 1. The summed E-state index contributed by atoms with van der Waals surface area (Å²) in [7, 11) is -3.50. The van der Waals surface area contributed by atoms with Crippen molar-refractivity contribution in [3.63, 3.8) is 0 Å². The number of sulfonamides is 1. The predicted octanol–water partition coefficient (Wildman–Crippen LogP) is 3.04. The zero-order valence-electron chi connectivity index (χ0n) is 15.2. The van der Waals surface area contributed by atoms with Gasteiger partial charge in [0, 0.05) is 18.8 Å². The molecule has 0 atom stereocenters. The van der Waals surface area contributed by atoms with Crippen LogP contribution in [0.5, 0.6) is 5.75 Å². The first-order valence-corrected chi connectivity index (χ1v) is 9.90. The number of nitrogens with one attached hydrogen (secondary N) is 1. The Balaban J connectivity index is 1.97. The number of ether oxygens (including phenoxy) is 1. The number of benzene rings is 2. The molecule has 1 amide bonds. The average molecular weight is 376 g/mol. The maximum atomic E-state index is 12.4. The van der Waals surface area contributed by atoms with Crippen LogP contribution in [0.2, 0.25) is 0 Å². The Morgan fingerprint density at radius 3 is 2.31 bits per heavy atom. The summed E-state index contributed by atoms with van der Waals surface area (Å²) in [6.45, 7) is 6.23. The van der Waals surface area contributed by atoms with Gasteiger partial charge in [-0.25, -0.2) is 8.42 Å². The number of anilines is 1. The third-order valence-electron chi connectivity index (χ3n) is 3.84. The van der Waals surface area contributed by atoms with Crippen molar-refractivity contribution in [2.24, 2.45) is 0 Å². The lowest BCUT2D eigenvalue weighted by Crippen LogP contribution is -2.30. The van der Waals surface area contributed by atoms with E-state index >= 15 is 0 Å². The highest BCUT2D eigenvalue weighted by atomic mass is 32.2. The molecule has 0 fully saturated rings. The Labute approximate surface area is 154 Å². The smallest absolute Gasteiger partial charge is 0.262 e. The molecule has 2 aromatic carbocycles. The topological polar surface area (TPSA) is 75.7 Å². The maximum absolute atomic E-state index is 12.4. The van der Waals surface area contributed by atoms with E-state index in [0.717, 1.165) is 5.56 Å². The summed E-state index contributed by atoms with van der Waals surface area (Å²) in [6, 6.07) is 13.6. The lowest BCUT2D eigenvalue weighted by Gasteiger charge is -2.18. The minimum Gasteiger partial charge on any atom is -0.484 e. The van der Waals surface area contributed by atoms with Gasteiger partial charge in [0.2, 0.25) is 10.0 Å². The molecular formula is C19H24N2O4S. The number of rotatable bonds is 8. The molecule has 0 unspecified atom stereocenters. The third-order valence-corrected chi connectivity index (χ3v) is 5.90. The Morgan fingerprint density at radius 1 is 1.08 bits per heavy atom. The van der Waals surface area contributed by atoms with Crippen LogP contribution in [0, 0.1) is 6.92 Å². The SMILES string of the molecule is CCN(CC)S(=O)(=O)c1ccc(NC(=O)COc2cccc(C)c2)cc1. The van der Waals surface area contributed by atoms with Gasteiger partial charge >= 0.3 is 0 Å². The van der Waals surface area contributed by atoms with Crippen molar-refractivity contribution in [2.45, 2.75) is 25.7 Å². The maximum Gasteiger partial charge on any atom is 0.262 e. The minimum atomic E-state index is -3.50. The van der Waals surface area contributed by atoms with Crippen molar-refractivity contribution >= 4 is 21.6 Å². The molecule has 2 rings (SSSR count). The lowest BCUT2D eigenvalue weighted by molar-refractivity contribution is -0.118. The minimum absolute atomic E-state index is 0.122. The zero-order chi connectivity index (χ0) is 19.2. The number of hydrogen-bond acceptors (Lipinski definition) is 4. The molecule has 26 heavy (non-hydrogen) atoms. The van der Waals surface area contributed by atoms with Crippen LogP contribution in [0.15, 0.2) is 53.4 Å². The molecule has 0 radical (unpaired) electrons. The van der Waals surface area contributed by atoms with Crippen molar-refractivity contribution in [2.75, 3.05) is 25.0 Å². The molecule has 0 bridgehead atoms. The zero-order valence-corrected chi connectivity index (χ0v) is 16.0. The highest BCUT2D eigenvalue weighted by Crippen LogP contribution is 2.18. The van der Waals surface area contributed by atoms with E-state index in [1.54, 1.807) is 32.0 Å². The van der Waals surface area contributed by atoms with E-state index in [4.69, 9.17) is 4.74 Å². The summed E-state index contributed by atoms with van der Waals surface area (Å²) < 4.78 is 31.7. The molecule has 1 N–H and O–H groups in total. The molecule has 0 aliphatic rings. The highest BCUT2D eigenvalue weighted by molar-refractivity contribution is 7.89. The molecule has 0 spiro atoms. The number of aryl methyl sites for hydroxylation is 1. The highest BCUT2D eigenvalue weighted by Gasteiger charge is 2.21. The second-order valence-electron chi connectivity index (χ2n) is 5.77. The van der Waals surface area contributed by atoms with Crippen LogP contribution in [0.3, 0.4) is 0 Å². The molecule has 0 saturated carbocycles. The average Bonchev–Trinajstić information content (AvgIpc) is 2.61. The van der Waals surface area contributed by atoms with Crippen molar-refractivity contribution < 1.29 is 17.9 Å². The van der Waals surface area contributed by atoms with Gasteiger partial charge in [0.15, 0.2) is 6.61 Å². The molecule has 0 aliphatic heterocycles. The van der Waals surface area contributed by atoms with E-state index in [1.165, 1.54) is 16.4 Å². The molecular weight excluding hydrogens is 352 g/mol. The van der Waals surface area contributed by atoms with Gasteiger partial charge in [0.25, 0.3) is 5.91 Å². The van der Waals surface area contributed by atoms with Gasteiger partial charge in [-0.1, -0.05) is 26.0 Å². The summed E-state index contributed by atoms with van der Waals surface area (Å²) in [5.41, 5.74) is 1.56. The largest absolute Gasteiger partial charge is 0.484 e. The van der Waals surface area contributed by atoms with E-state index in [1.807, 2.05) is 25.1 Å². The third kappa shape index (κ3) is 5.06. The number of carbonyl (C=O) groups excluding carboxylic acids is 1. The van der Waals surface area contributed by atoms with Crippen LogP contribution in [0.1, 0.15) is 19.4 Å². The van der Waals surface area contributed by atoms with Gasteiger partial charge < -0.3 is 10.1 Å². The molecule has 0 aromatic heterocycles. The summed E-state index contributed by atoms with van der Waals surface area (Å²) in [5.74, 6) is 0.312. The standard InChI is InChI=1S/C19H24N2O4S/c1-4-21(5-2)26(23,24)18-11-9-16(10-12-18)20-19(22)14-25-17-8-6-7-15(3)13-17/h6-13H,4-5,14H2,1-3H3,(H,20,22). The second kappa shape index (κ2) is 8.82. The number of carbonyl (C=O) groups is 1. The summed E-state index contributed by atoms with van der Waals surface area (Å²) in [6.07, 6.45) is 0. The normalized spacial score (nSPS) is 11.4. The van der Waals surface area contributed by atoms with Gasteiger partial charge in [-0.05, 0) is 48.9 Å². The Hall–Kier alpha value is -2.38. The van der Waals surface area contributed by atoms with Crippen molar-refractivity contribution in [3.8, 4) is 5.75 Å². The van der Waals surface area contributed by atoms with E-state index in [0.29, 0.717) is 24.5 Å². The van der Waals surface area contributed by atoms with Gasteiger partial charge in [0.1, 0.15) is 5.75 Å². The van der Waals surface area contributed by atoms with Crippen molar-refractivity contribution in [3.05, 3.63) is 54.1 Å². The first-order valence-electron chi connectivity index (χ1n) is 8.46. The fourth-order valence-corrected chi connectivity index (χ4v) is 3.93. The van der Waals surface area contributed by atoms with E-state index in [9.17, 15) is 13.2 Å². The van der Waals surface area contributed by atoms with Crippen LogP contribution >= 0.6 is 0 Å². The Morgan fingerprint density at radius 2 is 1.73 bits per heavy atom. The molecule has 2 aromatic rings. The molecule has 6 nitrogen and oxygen atoms in total. The number of hydrogen-bond donors (Lipinski definition) is 1. The summed E-state index contributed by atoms with van der Waals surface area (Å²) >= 11 is 0. The first-order chi connectivity index (χ1) is 12.4. The quantitative estimate of drug-likeness (QED) is 0.768. The molecule has 0 saturated heterocycles. The van der Waals surface area contributed by atoms with E-state index in [2.05, 4.69) is 5.32 Å². The molecule has 0 heterocycles. The van der Waals surface area contributed by atoms with Crippen molar-refractivity contribution in [1.29, 1.82) is 0 Å². The van der Waals surface area contributed by atoms with Crippen LogP contribution < -0.4 is 10.1 Å². The molecule has 140 valence electrons. The molecule has 7 heteroatoms. The predicted molar refractivity (Wildman–Crippen MR) is 102 cm³/mol. The van der Waals surface area contributed by atoms with E-state index in [-0.39, 0.29) is 17.4 Å². The van der Waals surface area contributed by atoms with Crippen LogP contribution in [0.25, 0.3) is 0 Å². The Kier molecular flexibility index (Phi) is 6.76. The van der Waals surface area contributed by atoms with Gasteiger partial charge in [-0.3, -0.25) is 4.79 Å². The second-order valence-corrected chi connectivity index (χ2v) is 7.70. The van der Waals surface area contributed by atoms with Gasteiger partial charge in [-0.2, -0.15) is 4.31 Å². The van der Waals surface area contributed by atoms with Crippen LogP contribution in [-0.4, -0.2) is 38.3 Å². The summed E-state index contributed by atoms with van der Waals surface area (Å²) in [4.78, 5) is 12.2. The van der Waals surface area contributed by atoms with Crippen molar-refractivity contribution in [1.82, 2.24) is 4.31 Å². The Bertz CT molecular complexity index is 844. The first kappa shape index (κ1) is 19.9. The fraction of sp³-hybridized carbons (Fsp3) is 0.316. The summed E-state index contributed by atoms with van der Waals surface area (Å²) in [5, 5.41) is 2.69. The van der Waals surface area contributed by atoms with Gasteiger partial charge in [0.05, 0.1) is 4.90 Å². The van der Waals surface area contributed by atoms with E-state index < -0.39 is 10.0 Å². The molecule has 0 aliphatic carbocycles. The van der Waals surface area contributed by atoms with Gasteiger partial charge in [-0.15, -0.1) is 0 Å². The van der Waals surface area contributed by atoms with Crippen LogP contribution in [0.4, 0.5) is 5.69 Å². The monoisotopic (exact) mass is 376 g/mol. The number of amides is 1.